The SMILES string of the molecule is Nc1ccnc2ccc(Oc3ccccc3)cc12.O=C=O. The summed E-state index contributed by atoms with van der Waals surface area (Å²) in [6.07, 6.45) is 1.95. The monoisotopic (exact) mass is 280 g/mol. The van der Waals surface area contributed by atoms with Crippen LogP contribution in [0.5, 0.6) is 11.5 Å². The summed E-state index contributed by atoms with van der Waals surface area (Å²) in [5, 5.41) is 0.908. The second-order valence-corrected chi connectivity index (χ2v) is 4.08. The molecule has 1 aromatic heterocycles. The average Bonchev–Trinajstić information content (AvgIpc) is 2.50. The van der Waals surface area contributed by atoms with Crippen LogP contribution < -0.4 is 10.5 Å². The van der Waals surface area contributed by atoms with Gasteiger partial charge in [-0.15, -0.1) is 0 Å². The van der Waals surface area contributed by atoms with E-state index in [9.17, 15) is 0 Å². The van der Waals surface area contributed by atoms with Crippen LogP contribution in [0.1, 0.15) is 0 Å². The van der Waals surface area contributed by atoms with Gasteiger partial charge in [-0.2, -0.15) is 9.59 Å². The summed E-state index contributed by atoms with van der Waals surface area (Å²) in [5.74, 6) is 1.56. The van der Waals surface area contributed by atoms with Crippen molar-refractivity contribution in [2.24, 2.45) is 0 Å². The Hall–Kier alpha value is -3.17. The summed E-state index contributed by atoms with van der Waals surface area (Å²) in [7, 11) is 0. The molecule has 0 saturated carbocycles. The number of benzene rings is 2. The highest BCUT2D eigenvalue weighted by Crippen LogP contribution is 2.27. The van der Waals surface area contributed by atoms with Crippen LogP contribution in [-0.4, -0.2) is 11.1 Å². The Bertz CT molecular complexity index is 767. The highest BCUT2D eigenvalue weighted by Gasteiger charge is 2.02. The molecule has 0 aliphatic heterocycles. The number of hydrogen-bond acceptors (Lipinski definition) is 5. The number of pyridine rings is 1. The first-order valence-electron chi connectivity index (χ1n) is 6.11. The van der Waals surface area contributed by atoms with Gasteiger partial charge in [0.05, 0.1) is 5.52 Å². The second-order valence-electron chi connectivity index (χ2n) is 4.08. The van der Waals surface area contributed by atoms with E-state index in [0.717, 1.165) is 22.4 Å². The number of ether oxygens (including phenoxy) is 1. The Kier molecular flexibility index (Phi) is 4.64. The van der Waals surface area contributed by atoms with Crippen molar-refractivity contribution in [1.29, 1.82) is 0 Å². The van der Waals surface area contributed by atoms with Crippen molar-refractivity contribution < 1.29 is 14.3 Å². The van der Waals surface area contributed by atoms with Crippen LogP contribution in [0, 0.1) is 0 Å². The fraction of sp³-hybridized carbons (Fsp3) is 0. The Morgan fingerprint density at radius 2 is 1.67 bits per heavy atom. The maximum Gasteiger partial charge on any atom is 0.373 e. The molecule has 0 saturated heterocycles. The number of para-hydroxylation sites is 1. The number of carbonyl (C=O) groups excluding carboxylic acids is 2. The second kappa shape index (κ2) is 6.84. The molecule has 5 nitrogen and oxygen atoms in total. The Balaban J connectivity index is 0.000000497. The van der Waals surface area contributed by atoms with Crippen molar-refractivity contribution in [3.8, 4) is 11.5 Å². The molecule has 0 fully saturated rings. The van der Waals surface area contributed by atoms with Gasteiger partial charge in [-0.1, -0.05) is 18.2 Å². The summed E-state index contributed by atoms with van der Waals surface area (Å²) >= 11 is 0. The zero-order valence-corrected chi connectivity index (χ0v) is 11.0. The van der Waals surface area contributed by atoms with E-state index in [1.807, 2.05) is 48.5 Å². The molecule has 2 N–H and O–H groups in total. The predicted octanol–water partition coefficient (Wildman–Crippen LogP) is 3.03. The maximum absolute atomic E-state index is 8.12. The average molecular weight is 280 g/mol. The van der Waals surface area contributed by atoms with Crippen LogP contribution in [0.3, 0.4) is 0 Å². The maximum atomic E-state index is 8.12. The molecule has 0 spiro atoms. The van der Waals surface area contributed by atoms with Gasteiger partial charge in [-0.25, -0.2) is 0 Å². The zero-order valence-electron chi connectivity index (χ0n) is 11.0. The van der Waals surface area contributed by atoms with Gasteiger partial charge in [0.15, 0.2) is 0 Å². The van der Waals surface area contributed by atoms with Crippen molar-refractivity contribution in [1.82, 2.24) is 4.98 Å². The van der Waals surface area contributed by atoms with Gasteiger partial charge < -0.3 is 10.5 Å². The molecule has 1 heterocycles. The number of hydrogen-bond donors (Lipinski definition) is 1. The van der Waals surface area contributed by atoms with E-state index in [1.54, 1.807) is 12.3 Å². The summed E-state index contributed by atoms with van der Waals surface area (Å²) in [6.45, 7) is 0. The highest BCUT2D eigenvalue weighted by molar-refractivity contribution is 5.90. The van der Waals surface area contributed by atoms with E-state index in [2.05, 4.69) is 4.98 Å². The van der Waals surface area contributed by atoms with Crippen LogP contribution in [0.4, 0.5) is 5.69 Å². The molecule has 3 aromatic rings. The first-order valence-corrected chi connectivity index (χ1v) is 6.11. The van der Waals surface area contributed by atoms with Crippen molar-refractivity contribution in [3.63, 3.8) is 0 Å². The molecule has 0 aliphatic rings. The van der Waals surface area contributed by atoms with E-state index in [0.29, 0.717) is 5.69 Å². The van der Waals surface area contributed by atoms with Crippen molar-refractivity contribution >= 4 is 22.7 Å². The molecule has 104 valence electrons. The van der Waals surface area contributed by atoms with Gasteiger partial charge in [-0.05, 0) is 36.4 Å². The largest absolute Gasteiger partial charge is 0.457 e. The minimum absolute atomic E-state index is 0.250. The van der Waals surface area contributed by atoms with Gasteiger partial charge in [0.1, 0.15) is 11.5 Å². The molecular formula is C16H12N2O3. The van der Waals surface area contributed by atoms with Crippen LogP contribution in [0.25, 0.3) is 10.9 Å². The van der Waals surface area contributed by atoms with Crippen LogP contribution in [-0.2, 0) is 9.59 Å². The molecule has 0 bridgehead atoms. The van der Waals surface area contributed by atoms with E-state index >= 15 is 0 Å². The van der Waals surface area contributed by atoms with E-state index < -0.39 is 0 Å². The normalized spacial score (nSPS) is 9.33. The Labute approximate surface area is 121 Å². The lowest BCUT2D eigenvalue weighted by Gasteiger charge is -2.07. The van der Waals surface area contributed by atoms with Gasteiger partial charge >= 0.3 is 6.15 Å². The standard InChI is InChI=1S/C15H12N2O.CO2/c16-14-8-9-17-15-7-6-12(10-13(14)15)18-11-4-2-1-3-5-11;2-1-3/h1-10H,(H2,16,17);. The number of fused-ring (bicyclic) bond motifs is 1. The smallest absolute Gasteiger partial charge is 0.373 e. The summed E-state index contributed by atoms with van der Waals surface area (Å²) in [6, 6.07) is 17.1. The van der Waals surface area contributed by atoms with Gasteiger partial charge in [0.2, 0.25) is 0 Å². The Morgan fingerprint density at radius 3 is 2.38 bits per heavy atom. The third kappa shape index (κ3) is 3.65. The molecule has 2 aromatic carbocycles. The number of rotatable bonds is 2. The first kappa shape index (κ1) is 14.2. The molecule has 0 unspecified atom stereocenters. The molecule has 0 atom stereocenters. The Morgan fingerprint density at radius 1 is 0.952 bits per heavy atom. The molecule has 21 heavy (non-hydrogen) atoms. The third-order valence-corrected chi connectivity index (χ3v) is 2.73. The lowest BCUT2D eigenvalue weighted by Crippen LogP contribution is -1.90. The van der Waals surface area contributed by atoms with Crippen molar-refractivity contribution in [2.75, 3.05) is 5.73 Å². The number of nitrogens with two attached hydrogens (primary N) is 1. The van der Waals surface area contributed by atoms with Crippen LogP contribution >= 0.6 is 0 Å². The predicted molar refractivity (Wildman–Crippen MR) is 77.7 cm³/mol. The highest BCUT2D eigenvalue weighted by atomic mass is 16.5. The third-order valence-electron chi connectivity index (χ3n) is 2.73. The van der Waals surface area contributed by atoms with Gasteiger partial charge in [0, 0.05) is 17.3 Å². The van der Waals surface area contributed by atoms with Crippen LogP contribution in [0.15, 0.2) is 60.8 Å². The van der Waals surface area contributed by atoms with Gasteiger partial charge in [-0.3, -0.25) is 4.98 Å². The number of aromatic nitrogens is 1. The molecule has 0 radical (unpaired) electrons. The van der Waals surface area contributed by atoms with E-state index in [4.69, 9.17) is 20.1 Å². The fourth-order valence-electron chi connectivity index (χ4n) is 1.83. The molecular weight excluding hydrogens is 268 g/mol. The summed E-state index contributed by atoms with van der Waals surface area (Å²) in [5.41, 5.74) is 7.50. The molecule has 0 aliphatic carbocycles. The number of nitrogens with zero attached hydrogens (tertiary/aromatic N) is 1. The topological polar surface area (TPSA) is 82.3 Å². The first-order chi connectivity index (χ1) is 10.2. The van der Waals surface area contributed by atoms with E-state index in [-0.39, 0.29) is 6.15 Å². The fourth-order valence-corrected chi connectivity index (χ4v) is 1.83. The molecule has 0 amide bonds. The lowest BCUT2D eigenvalue weighted by atomic mass is 10.2. The summed E-state index contributed by atoms with van der Waals surface area (Å²) < 4.78 is 5.76. The minimum atomic E-state index is 0.250. The molecule has 3 rings (SSSR count). The minimum Gasteiger partial charge on any atom is -0.457 e. The van der Waals surface area contributed by atoms with E-state index in [1.165, 1.54) is 0 Å². The van der Waals surface area contributed by atoms with Gasteiger partial charge in [0.25, 0.3) is 0 Å². The van der Waals surface area contributed by atoms with Crippen LogP contribution in [0.2, 0.25) is 0 Å². The number of anilines is 1. The number of nitrogen functional groups attached to an aromatic ring is 1. The quantitative estimate of drug-likeness (QED) is 0.780. The van der Waals surface area contributed by atoms with Crippen molar-refractivity contribution in [2.45, 2.75) is 0 Å². The molecule has 5 heteroatoms. The summed E-state index contributed by atoms with van der Waals surface area (Å²) in [4.78, 5) is 20.5. The van der Waals surface area contributed by atoms with Crippen molar-refractivity contribution in [3.05, 3.63) is 60.8 Å². The lowest BCUT2D eigenvalue weighted by molar-refractivity contribution is -0.191. The zero-order chi connectivity index (χ0) is 15.1.